The number of rotatable bonds is 3. The Bertz CT molecular complexity index is 633. The molecule has 7 heteroatoms. The summed E-state index contributed by atoms with van der Waals surface area (Å²) in [6, 6.07) is 2.35. The average Bonchev–Trinajstić information content (AvgIpc) is 2.43. The highest BCUT2D eigenvalue weighted by molar-refractivity contribution is 7.89. The van der Waals surface area contributed by atoms with Gasteiger partial charge in [0.15, 0.2) is 0 Å². The van der Waals surface area contributed by atoms with E-state index in [4.69, 9.17) is 10.5 Å². The number of methoxy groups -OCH3 is 1. The Kier molecular flexibility index (Phi) is 4.55. The highest BCUT2D eigenvalue weighted by Gasteiger charge is 2.34. The fourth-order valence-electron chi connectivity index (χ4n) is 2.62. The number of aryl methyl sites for hydroxylation is 1. The van der Waals surface area contributed by atoms with Gasteiger partial charge in [-0.25, -0.2) is 12.8 Å². The molecule has 2 atom stereocenters. The summed E-state index contributed by atoms with van der Waals surface area (Å²) in [6.45, 7) is 4.34. The molecule has 0 aliphatic carbocycles. The van der Waals surface area contributed by atoms with E-state index in [1.54, 1.807) is 14.0 Å². The molecule has 0 spiro atoms. The first kappa shape index (κ1) is 16.2. The quantitative estimate of drug-likeness (QED) is 0.863. The number of hydrogen-bond donors (Lipinski definition) is 1. The van der Waals surface area contributed by atoms with Crippen molar-refractivity contribution in [1.29, 1.82) is 0 Å². The molecule has 0 radical (unpaired) electrons. The third-order valence-corrected chi connectivity index (χ3v) is 6.07. The van der Waals surface area contributed by atoms with Gasteiger partial charge in [0.1, 0.15) is 5.82 Å². The maximum atomic E-state index is 13.4. The number of hydrogen-bond acceptors (Lipinski definition) is 4. The third-order valence-electron chi connectivity index (χ3n) is 4.07. The van der Waals surface area contributed by atoms with Gasteiger partial charge in [0, 0.05) is 20.2 Å². The molecule has 1 aromatic carbocycles. The van der Waals surface area contributed by atoms with Gasteiger partial charge in [0.2, 0.25) is 10.0 Å². The molecular formula is C14H21FN2O3S. The molecule has 118 valence electrons. The third kappa shape index (κ3) is 3.04. The van der Waals surface area contributed by atoms with Crippen LogP contribution in [0.25, 0.3) is 0 Å². The lowest BCUT2D eigenvalue weighted by molar-refractivity contribution is 0.0183. The zero-order valence-electron chi connectivity index (χ0n) is 12.5. The van der Waals surface area contributed by atoms with E-state index in [1.165, 1.54) is 10.4 Å². The molecule has 0 aromatic heterocycles. The van der Waals surface area contributed by atoms with Crippen molar-refractivity contribution in [3.8, 4) is 0 Å². The number of nitrogens with two attached hydrogens (primary N) is 1. The van der Waals surface area contributed by atoms with E-state index in [2.05, 4.69) is 0 Å². The summed E-state index contributed by atoms with van der Waals surface area (Å²) in [4.78, 5) is 0.0609. The Balaban J connectivity index is 2.37. The number of piperidine rings is 1. The van der Waals surface area contributed by atoms with Crippen LogP contribution in [0, 0.1) is 18.7 Å². The first-order valence-corrected chi connectivity index (χ1v) is 8.30. The summed E-state index contributed by atoms with van der Waals surface area (Å²) < 4.78 is 45.6. The van der Waals surface area contributed by atoms with Gasteiger partial charge < -0.3 is 10.5 Å². The molecule has 21 heavy (non-hydrogen) atoms. The van der Waals surface area contributed by atoms with Gasteiger partial charge in [0.25, 0.3) is 0 Å². The molecule has 2 unspecified atom stereocenters. The van der Waals surface area contributed by atoms with Crippen LogP contribution in [0.2, 0.25) is 0 Å². The van der Waals surface area contributed by atoms with Crippen molar-refractivity contribution >= 4 is 15.7 Å². The minimum Gasteiger partial charge on any atom is -0.396 e. The van der Waals surface area contributed by atoms with Gasteiger partial charge in [-0.3, -0.25) is 0 Å². The molecule has 2 N–H and O–H groups in total. The number of benzene rings is 1. The van der Waals surface area contributed by atoms with Crippen LogP contribution in [-0.4, -0.2) is 39.0 Å². The van der Waals surface area contributed by atoms with Crippen molar-refractivity contribution in [3.05, 3.63) is 23.5 Å². The predicted molar refractivity (Wildman–Crippen MR) is 78.9 cm³/mol. The van der Waals surface area contributed by atoms with Crippen molar-refractivity contribution in [1.82, 2.24) is 4.31 Å². The molecule has 0 bridgehead atoms. The molecule has 1 saturated heterocycles. The minimum absolute atomic E-state index is 0.0609. The Morgan fingerprint density at radius 1 is 1.43 bits per heavy atom. The maximum absolute atomic E-state index is 13.4. The lowest BCUT2D eigenvalue weighted by atomic mass is 9.97. The minimum atomic E-state index is -3.69. The van der Waals surface area contributed by atoms with E-state index >= 15 is 0 Å². The van der Waals surface area contributed by atoms with E-state index < -0.39 is 15.8 Å². The first-order valence-electron chi connectivity index (χ1n) is 6.86. The topological polar surface area (TPSA) is 72.6 Å². The van der Waals surface area contributed by atoms with Gasteiger partial charge in [-0.15, -0.1) is 0 Å². The van der Waals surface area contributed by atoms with Crippen LogP contribution < -0.4 is 5.73 Å². The molecule has 2 rings (SSSR count). The summed E-state index contributed by atoms with van der Waals surface area (Å²) in [5, 5.41) is 0. The van der Waals surface area contributed by atoms with Gasteiger partial charge in [0.05, 0.1) is 16.7 Å². The summed E-state index contributed by atoms with van der Waals surface area (Å²) in [6.07, 6.45) is 0.597. The largest absolute Gasteiger partial charge is 0.396 e. The molecule has 5 nitrogen and oxygen atoms in total. The number of nitrogens with zero attached hydrogens (tertiary/aromatic N) is 1. The maximum Gasteiger partial charge on any atom is 0.243 e. The Morgan fingerprint density at radius 2 is 2.10 bits per heavy atom. The van der Waals surface area contributed by atoms with E-state index in [0.29, 0.717) is 24.6 Å². The summed E-state index contributed by atoms with van der Waals surface area (Å²) in [5.74, 6) is -0.297. The SMILES string of the molecule is COC1CN(S(=O)(=O)c2cc(N)c(F)cc2C)CCC1C. The highest BCUT2D eigenvalue weighted by atomic mass is 32.2. The van der Waals surface area contributed by atoms with Crippen molar-refractivity contribution in [2.75, 3.05) is 25.9 Å². The zero-order valence-corrected chi connectivity index (χ0v) is 13.3. The van der Waals surface area contributed by atoms with Gasteiger partial charge >= 0.3 is 0 Å². The predicted octanol–water partition coefficient (Wildman–Crippen LogP) is 1.76. The number of nitrogen functional groups attached to an aromatic ring is 1. The molecular weight excluding hydrogens is 295 g/mol. The Labute approximate surface area is 124 Å². The lowest BCUT2D eigenvalue weighted by Crippen LogP contribution is -2.46. The van der Waals surface area contributed by atoms with Crippen LogP contribution in [0.1, 0.15) is 18.9 Å². The van der Waals surface area contributed by atoms with E-state index in [-0.39, 0.29) is 16.7 Å². The normalized spacial score (nSPS) is 24.2. The molecule has 0 saturated carbocycles. The fraction of sp³-hybridized carbons (Fsp3) is 0.571. The molecule has 1 aliphatic rings. The number of halogens is 1. The molecule has 1 aromatic rings. The van der Waals surface area contributed by atoms with Crippen LogP contribution in [0.5, 0.6) is 0 Å². The number of anilines is 1. The zero-order chi connectivity index (χ0) is 15.8. The van der Waals surface area contributed by atoms with Crippen LogP contribution in [0.15, 0.2) is 17.0 Å². The summed E-state index contributed by atoms with van der Waals surface area (Å²) in [7, 11) is -2.11. The molecule has 1 fully saturated rings. The number of ether oxygens (including phenoxy) is 1. The van der Waals surface area contributed by atoms with Crippen molar-refractivity contribution in [2.45, 2.75) is 31.3 Å². The van der Waals surface area contributed by atoms with E-state index in [0.717, 1.165) is 12.5 Å². The van der Waals surface area contributed by atoms with Gasteiger partial charge in [-0.05, 0) is 37.0 Å². The fourth-order valence-corrected chi connectivity index (χ4v) is 4.32. The average molecular weight is 316 g/mol. The van der Waals surface area contributed by atoms with Crippen LogP contribution in [0.4, 0.5) is 10.1 Å². The summed E-state index contributed by atoms with van der Waals surface area (Å²) >= 11 is 0. The van der Waals surface area contributed by atoms with Crippen molar-refractivity contribution in [3.63, 3.8) is 0 Å². The monoisotopic (exact) mass is 316 g/mol. The molecule has 1 heterocycles. The smallest absolute Gasteiger partial charge is 0.243 e. The van der Waals surface area contributed by atoms with Crippen LogP contribution in [-0.2, 0) is 14.8 Å². The van der Waals surface area contributed by atoms with Crippen LogP contribution >= 0.6 is 0 Å². The van der Waals surface area contributed by atoms with E-state index in [9.17, 15) is 12.8 Å². The van der Waals surface area contributed by atoms with Crippen LogP contribution in [0.3, 0.4) is 0 Å². The van der Waals surface area contributed by atoms with Crippen molar-refractivity contribution < 1.29 is 17.5 Å². The molecule has 1 aliphatic heterocycles. The highest BCUT2D eigenvalue weighted by Crippen LogP contribution is 2.28. The van der Waals surface area contributed by atoms with E-state index in [1.807, 2.05) is 6.92 Å². The van der Waals surface area contributed by atoms with Gasteiger partial charge in [-0.2, -0.15) is 4.31 Å². The standard InChI is InChI=1S/C14H21FN2O3S/c1-9-4-5-17(8-13(9)20-3)21(18,19)14-7-12(16)11(15)6-10(14)2/h6-7,9,13H,4-5,8,16H2,1-3H3. The second-order valence-electron chi connectivity index (χ2n) is 5.54. The summed E-state index contributed by atoms with van der Waals surface area (Å²) in [5.41, 5.74) is 5.71. The second kappa shape index (κ2) is 5.90. The van der Waals surface area contributed by atoms with Gasteiger partial charge in [-0.1, -0.05) is 6.92 Å². The second-order valence-corrected chi connectivity index (χ2v) is 7.45. The number of sulfonamides is 1. The van der Waals surface area contributed by atoms with Crippen molar-refractivity contribution in [2.24, 2.45) is 5.92 Å². The molecule has 0 amide bonds. The Morgan fingerprint density at radius 3 is 2.71 bits per heavy atom. The Hall–Kier alpha value is -1.18. The first-order chi connectivity index (χ1) is 9.77. The lowest BCUT2D eigenvalue weighted by Gasteiger charge is -2.35.